The summed E-state index contributed by atoms with van der Waals surface area (Å²) in [4.78, 5) is 55.0. The lowest BCUT2D eigenvalue weighted by Gasteiger charge is -2.43. The lowest BCUT2D eigenvalue weighted by Crippen LogP contribution is -2.63. The lowest BCUT2D eigenvalue weighted by molar-refractivity contribution is -0.305. The summed E-state index contributed by atoms with van der Waals surface area (Å²) in [5.41, 5.74) is 1.87. The van der Waals surface area contributed by atoms with Crippen LogP contribution in [0.25, 0.3) is 10.9 Å². The molecule has 1 aliphatic heterocycles. The summed E-state index contributed by atoms with van der Waals surface area (Å²) in [7, 11) is 0. The maximum atomic E-state index is 12.1. The van der Waals surface area contributed by atoms with Gasteiger partial charge >= 0.3 is 17.9 Å². The predicted molar refractivity (Wildman–Crippen MR) is 161 cm³/mol. The van der Waals surface area contributed by atoms with Gasteiger partial charge in [0.15, 0.2) is 17.9 Å². The molecule has 1 N–H and O–H groups in total. The van der Waals surface area contributed by atoms with Crippen molar-refractivity contribution >= 4 is 46.0 Å². The van der Waals surface area contributed by atoms with Gasteiger partial charge in [-0.25, -0.2) is 0 Å². The summed E-state index contributed by atoms with van der Waals surface area (Å²) in [6, 6.07) is 16.3. The first kappa shape index (κ1) is 32.7. The molecule has 5 rings (SSSR count). The third-order valence-electron chi connectivity index (χ3n) is 6.98. The number of aromatic hydroxyl groups is 1. The van der Waals surface area contributed by atoms with Crippen molar-refractivity contribution in [2.75, 3.05) is 0 Å². The van der Waals surface area contributed by atoms with Gasteiger partial charge in [-0.05, 0) is 30.3 Å². The Morgan fingerprint density at radius 3 is 2.17 bits per heavy atom. The number of ketones is 1. The van der Waals surface area contributed by atoms with Crippen molar-refractivity contribution in [1.82, 2.24) is 19.7 Å². The molecule has 4 aromatic rings. The summed E-state index contributed by atoms with van der Waals surface area (Å²) >= 11 is 0. The SMILES string of the molecule is CC(=O)C[C@H]1O[C@@H](On2cc(Cn3c(O)c(N=Nc4ccccc4)c4ccccc43)nn2)[C@H](OC(C)=O)[C@@H](OC(C)=O)[C@H]1OC(C)=O. The summed E-state index contributed by atoms with van der Waals surface area (Å²) in [6.45, 7) is 4.73. The second-order valence-electron chi connectivity index (χ2n) is 10.7. The van der Waals surface area contributed by atoms with Crippen molar-refractivity contribution < 1.29 is 48.1 Å². The van der Waals surface area contributed by atoms with Crippen molar-refractivity contribution in [3.8, 4) is 5.88 Å². The molecule has 16 heteroatoms. The number of azo groups is 1. The molecule has 1 saturated heterocycles. The Morgan fingerprint density at radius 2 is 1.49 bits per heavy atom. The third kappa shape index (κ3) is 7.78. The maximum absolute atomic E-state index is 12.1. The average molecular weight is 649 g/mol. The van der Waals surface area contributed by atoms with Gasteiger partial charge in [0.25, 0.3) is 6.29 Å². The fraction of sp³-hybridized carbons (Fsp3) is 0.355. The average Bonchev–Trinajstić information content (AvgIpc) is 3.56. The Hall–Kier alpha value is -5.64. The van der Waals surface area contributed by atoms with E-state index in [-0.39, 0.29) is 30.3 Å². The van der Waals surface area contributed by atoms with Gasteiger partial charge < -0.3 is 33.5 Å². The second-order valence-corrected chi connectivity index (χ2v) is 10.7. The highest BCUT2D eigenvalue weighted by Crippen LogP contribution is 2.40. The largest absolute Gasteiger partial charge is 0.493 e. The molecular formula is C31H32N6O10. The molecule has 0 unspecified atom stereocenters. The zero-order chi connectivity index (χ0) is 33.7. The Labute approximate surface area is 267 Å². The van der Waals surface area contributed by atoms with E-state index in [9.17, 15) is 24.3 Å². The van der Waals surface area contributed by atoms with Gasteiger partial charge in [-0.3, -0.25) is 19.2 Å². The van der Waals surface area contributed by atoms with Crippen molar-refractivity contribution in [1.29, 1.82) is 0 Å². The second kappa shape index (κ2) is 14.2. The van der Waals surface area contributed by atoms with Crippen molar-refractivity contribution in [2.45, 2.75) is 71.4 Å². The topological polar surface area (TPSA) is 195 Å². The Morgan fingerprint density at radius 1 is 0.851 bits per heavy atom. The molecule has 3 heterocycles. The van der Waals surface area contributed by atoms with E-state index in [1.807, 2.05) is 30.3 Å². The lowest BCUT2D eigenvalue weighted by atomic mass is 9.95. The molecule has 0 aliphatic carbocycles. The minimum atomic E-state index is -1.49. The number of Topliss-reactive ketones (excluding diaryl/α,β-unsaturated/α-hetero) is 1. The van der Waals surface area contributed by atoms with Gasteiger partial charge in [-0.2, -0.15) is 5.11 Å². The number of carbonyl (C=O) groups excluding carboxylic acids is 4. The van der Waals surface area contributed by atoms with E-state index in [1.165, 1.54) is 13.1 Å². The number of nitrogens with zero attached hydrogens (tertiary/aromatic N) is 6. The maximum Gasteiger partial charge on any atom is 0.303 e. The predicted octanol–water partition coefficient (Wildman–Crippen LogP) is 3.33. The number of rotatable bonds is 11. The van der Waals surface area contributed by atoms with E-state index in [1.54, 1.807) is 28.8 Å². The van der Waals surface area contributed by atoms with Crippen molar-refractivity contribution in [3.63, 3.8) is 0 Å². The highest BCUT2D eigenvalue weighted by molar-refractivity contribution is 5.95. The molecule has 0 amide bonds. The number of esters is 3. The van der Waals surface area contributed by atoms with Crippen molar-refractivity contribution in [2.24, 2.45) is 10.2 Å². The molecule has 0 spiro atoms. The van der Waals surface area contributed by atoms with E-state index >= 15 is 0 Å². The Balaban J connectivity index is 1.43. The fourth-order valence-electron chi connectivity index (χ4n) is 5.19. The fourth-order valence-corrected chi connectivity index (χ4v) is 5.19. The van der Waals surface area contributed by atoms with E-state index in [2.05, 4.69) is 20.5 Å². The molecule has 0 saturated carbocycles. The van der Waals surface area contributed by atoms with E-state index < -0.39 is 48.6 Å². The van der Waals surface area contributed by atoms with Crippen LogP contribution < -0.4 is 4.84 Å². The number of carbonyl (C=O) groups is 4. The molecule has 246 valence electrons. The quantitative estimate of drug-likeness (QED) is 0.142. The van der Waals surface area contributed by atoms with Crippen LogP contribution in [0.4, 0.5) is 11.4 Å². The number of hydrogen-bond acceptors (Lipinski definition) is 14. The smallest absolute Gasteiger partial charge is 0.303 e. The van der Waals surface area contributed by atoms with E-state index in [0.29, 0.717) is 22.3 Å². The molecule has 1 aliphatic rings. The van der Waals surface area contributed by atoms with Crippen LogP contribution in [0.2, 0.25) is 0 Å². The molecule has 2 aromatic heterocycles. The summed E-state index contributed by atoms with van der Waals surface area (Å²) in [5.74, 6) is -2.75. The summed E-state index contributed by atoms with van der Waals surface area (Å²) in [5, 5.41) is 28.5. The number of benzene rings is 2. The van der Waals surface area contributed by atoms with E-state index in [4.69, 9.17) is 23.8 Å². The van der Waals surface area contributed by atoms with Crippen LogP contribution in [0.3, 0.4) is 0 Å². The molecule has 5 atom stereocenters. The van der Waals surface area contributed by atoms with Crippen LogP contribution in [-0.4, -0.2) is 79.2 Å². The molecule has 2 aromatic carbocycles. The number of fused-ring (bicyclic) bond motifs is 1. The van der Waals surface area contributed by atoms with Crippen LogP contribution in [0.1, 0.15) is 39.8 Å². The molecule has 0 bridgehead atoms. The van der Waals surface area contributed by atoms with Gasteiger partial charge in [0.05, 0.1) is 23.9 Å². The highest BCUT2D eigenvalue weighted by Gasteiger charge is 2.53. The van der Waals surface area contributed by atoms with Gasteiger partial charge in [0.1, 0.15) is 17.6 Å². The van der Waals surface area contributed by atoms with Gasteiger partial charge in [-0.15, -0.1) is 10.2 Å². The number of aromatic nitrogens is 4. The molecule has 16 nitrogen and oxygen atoms in total. The van der Waals surface area contributed by atoms with Gasteiger partial charge in [0, 0.05) is 32.6 Å². The Kier molecular flexibility index (Phi) is 9.89. The molecular weight excluding hydrogens is 616 g/mol. The normalized spacial score (nSPS) is 21.0. The summed E-state index contributed by atoms with van der Waals surface area (Å²) < 4.78 is 23.8. The van der Waals surface area contributed by atoms with Gasteiger partial charge in [0.2, 0.25) is 12.0 Å². The first-order valence-corrected chi connectivity index (χ1v) is 14.5. The van der Waals surface area contributed by atoms with Crippen LogP contribution >= 0.6 is 0 Å². The molecule has 0 radical (unpaired) electrons. The minimum absolute atomic E-state index is 0.0347. The zero-order valence-electron chi connectivity index (χ0n) is 25.9. The number of para-hydroxylation sites is 1. The summed E-state index contributed by atoms with van der Waals surface area (Å²) in [6.07, 6.45) is -5.59. The third-order valence-corrected chi connectivity index (χ3v) is 6.98. The standard InChI is InChI=1S/C31H32N6O10/c1-17(38)14-25-27(43-18(2)39)28(44-19(3)40)29(45-20(4)41)31(46-25)47-37-16-22(33-35-37)15-36-24-13-9-8-12-23(24)26(30(36)42)34-32-21-10-6-5-7-11-21/h5-13,16,25,27-29,31,42H,14-15H2,1-4H3/t25-,27+,28+,29-,31+/m1/s1. The Bertz CT molecular complexity index is 1800. The number of ether oxygens (including phenoxy) is 4. The zero-order valence-corrected chi connectivity index (χ0v) is 25.9. The van der Waals surface area contributed by atoms with Crippen LogP contribution in [-0.2, 0) is 44.7 Å². The van der Waals surface area contributed by atoms with E-state index in [0.717, 1.165) is 25.6 Å². The van der Waals surface area contributed by atoms with Crippen LogP contribution in [0.5, 0.6) is 5.88 Å². The molecule has 47 heavy (non-hydrogen) atoms. The van der Waals surface area contributed by atoms with Crippen molar-refractivity contribution in [3.05, 3.63) is 66.5 Å². The van der Waals surface area contributed by atoms with Crippen LogP contribution in [0.15, 0.2) is 71.0 Å². The monoisotopic (exact) mass is 648 g/mol. The highest BCUT2D eigenvalue weighted by atomic mass is 16.8. The number of hydrogen-bond donors (Lipinski definition) is 1. The first-order chi connectivity index (χ1) is 22.5. The minimum Gasteiger partial charge on any atom is -0.493 e. The van der Waals surface area contributed by atoms with Gasteiger partial charge in [-0.1, -0.05) is 41.2 Å². The molecule has 1 fully saturated rings. The van der Waals surface area contributed by atoms with Crippen LogP contribution in [0, 0.1) is 0 Å². The first-order valence-electron chi connectivity index (χ1n) is 14.5.